The lowest BCUT2D eigenvalue weighted by atomic mass is 10.1. The minimum absolute atomic E-state index is 0.290. The summed E-state index contributed by atoms with van der Waals surface area (Å²) in [6, 6.07) is 10.1. The number of carbonyl (C=O) groups excluding carboxylic acids is 2. The zero-order valence-electron chi connectivity index (χ0n) is 18.0. The summed E-state index contributed by atoms with van der Waals surface area (Å²) < 4.78 is 21.0. The van der Waals surface area contributed by atoms with E-state index in [0.717, 1.165) is 5.56 Å². The maximum absolute atomic E-state index is 12.6. The number of rotatable bonds is 10. The van der Waals surface area contributed by atoms with Crippen molar-refractivity contribution in [3.8, 4) is 17.2 Å². The summed E-state index contributed by atoms with van der Waals surface area (Å²) in [6.45, 7) is 1.29. The summed E-state index contributed by atoms with van der Waals surface area (Å²) >= 11 is 0. The third kappa shape index (κ3) is 6.12. The minimum Gasteiger partial charge on any atom is -0.493 e. The van der Waals surface area contributed by atoms with Crippen molar-refractivity contribution in [2.45, 2.75) is 6.54 Å². The van der Waals surface area contributed by atoms with E-state index in [1.807, 2.05) is 19.0 Å². The topological polar surface area (TPSA) is 86.3 Å². The highest BCUT2D eigenvalue weighted by Crippen LogP contribution is 2.38. The summed E-state index contributed by atoms with van der Waals surface area (Å²) in [5.41, 5.74) is 1.69. The van der Waals surface area contributed by atoms with E-state index in [1.54, 1.807) is 36.4 Å². The molecule has 0 bridgehead atoms. The molecule has 0 spiro atoms. The molecule has 2 rings (SSSR count). The molecule has 8 nitrogen and oxygen atoms in total. The van der Waals surface area contributed by atoms with Crippen LogP contribution in [-0.4, -0.2) is 65.4 Å². The first-order valence-electron chi connectivity index (χ1n) is 9.38. The first-order chi connectivity index (χ1) is 14.4. The molecule has 0 aliphatic heterocycles. The molecule has 0 saturated carbocycles. The number of likely N-dealkylation sites (N-methyl/N-ethyl adjacent to an activating group) is 1. The van der Waals surface area contributed by atoms with E-state index in [0.29, 0.717) is 48.1 Å². The van der Waals surface area contributed by atoms with Gasteiger partial charge in [-0.15, -0.1) is 0 Å². The van der Waals surface area contributed by atoms with E-state index in [9.17, 15) is 9.59 Å². The van der Waals surface area contributed by atoms with Crippen LogP contribution in [0.25, 0.3) is 0 Å². The molecule has 8 heteroatoms. The van der Waals surface area contributed by atoms with E-state index < -0.39 is 0 Å². The number of methoxy groups -OCH3 is 3. The Morgan fingerprint density at radius 3 is 2.00 bits per heavy atom. The Balaban J connectivity index is 1.99. The summed E-state index contributed by atoms with van der Waals surface area (Å²) in [7, 11) is 8.31. The molecule has 0 radical (unpaired) electrons. The van der Waals surface area contributed by atoms with Crippen LogP contribution in [0.1, 0.15) is 26.3 Å². The summed E-state index contributed by atoms with van der Waals surface area (Å²) in [5, 5.41) is 2.84. The van der Waals surface area contributed by atoms with Gasteiger partial charge in [-0.3, -0.25) is 4.79 Å². The molecule has 0 aliphatic carbocycles. The molecule has 0 aliphatic rings. The number of amides is 1. The average molecular weight is 416 g/mol. The smallest absolute Gasteiger partial charge is 0.338 e. The van der Waals surface area contributed by atoms with Crippen molar-refractivity contribution in [2.24, 2.45) is 0 Å². The van der Waals surface area contributed by atoms with Gasteiger partial charge in [0.25, 0.3) is 5.91 Å². The average Bonchev–Trinajstić information content (AvgIpc) is 2.76. The number of ether oxygens (including phenoxy) is 4. The van der Waals surface area contributed by atoms with E-state index in [2.05, 4.69) is 5.32 Å². The molecule has 0 fully saturated rings. The van der Waals surface area contributed by atoms with Gasteiger partial charge in [-0.1, -0.05) is 12.1 Å². The minimum atomic E-state index is -0.371. The van der Waals surface area contributed by atoms with E-state index in [-0.39, 0.29) is 11.9 Å². The molecule has 0 aromatic heterocycles. The van der Waals surface area contributed by atoms with Gasteiger partial charge in [-0.2, -0.15) is 0 Å². The molecule has 162 valence electrons. The number of benzene rings is 2. The number of nitrogens with one attached hydrogen (secondary N) is 1. The Kier molecular flexibility index (Phi) is 8.49. The van der Waals surface area contributed by atoms with Crippen molar-refractivity contribution in [1.29, 1.82) is 0 Å². The van der Waals surface area contributed by atoms with Crippen molar-refractivity contribution in [1.82, 2.24) is 10.2 Å². The van der Waals surface area contributed by atoms with Crippen LogP contribution in [0.15, 0.2) is 36.4 Å². The summed E-state index contributed by atoms with van der Waals surface area (Å²) in [5.74, 6) is 0.564. The Morgan fingerprint density at radius 2 is 1.50 bits per heavy atom. The fourth-order valence-corrected chi connectivity index (χ4v) is 2.66. The fourth-order valence-electron chi connectivity index (χ4n) is 2.66. The van der Waals surface area contributed by atoms with Crippen molar-refractivity contribution >= 4 is 11.9 Å². The maximum Gasteiger partial charge on any atom is 0.338 e. The molecule has 2 aromatic rings. The summed E-state index contributed by atoms with van der Waals surface area (Å²) in [4.78, 5) is 26.5. The normalized spacial score (nSPS) is 10.5. The molecular formula is C22H28N2O6. The zero-order chi connectivity index (χ0) is 22.1. The van der Waals surface area contributed by atoms with Crippen molar-refractivity contribution < 1.29 is 28.5 Å². The highest BCUT2D eigenvalue weighted by Gasteiger charge is 2.17. The molecule has 30 heavy (non-hydrogen) atoms. The largest absolute Gasteiger partial charge is 0.493 e. The van der Waals surface area contributed by atoms with Crippen LogP contribution < -0.4 is 19.5 Å². The van der Waals surface area contributed by atoms with Gasteiger partial charge >= 0.3 is 5.97 Å². The third-order valence-corrected chi connectivity index (χ3v) is 4.34. The highest BCUT2D eigenvalue weighted by molar-refractivity contribution is 5.95. The second-order valence-corrected chi connectivity index (χ2v) is 6.73. The Morgan fingerprint density at radius 1 is 0.900 bits per heavy atom. The Hall–Kier alpha value is -3.26. The molecule has 0 unspecified atom stereocenters. The van der Waals surface area contributed by atoms with E-state index in [1.165, 1.54) is 21.3 Å². The molecule has 1 amide bonds. The quantitative estimate of drug-likeness (QED) is 0.595. The standard InChI is InChI=1S/C22H28N2O6/c1-24(2)10-11-30-22(26)16-8-6-15(7-9-16)14-23-21(25)17-12-18(27-3)20(29-5)19(13-17)28-4/h6-9,12-13H,10-11,14H2,1-5H3,(H,23,25). The number of nitrogens with zero attached hydrogens (tertiary/aromatic N) is 1. The Labute approximate surface area is 176 Å². The van der Waals surface area contributed by atoms with Gasteiger partial charge in [0.05, 0.1) is 26.9 Å². The monoisotopic (exact) mass is 416 g/mol. The van der Waals surface area contributed by atoms with Crippen molar-refractivity contribution in [3.05, 3.63) is 53.1 Å². The number of hydrogen-bond acceptors (Lipinski definition) is 7. The van der Waals surface area contributed by atoms with Gasteiger partial charge in [-0.25, -0.2) is 4.79 Å². The van der Waals surface area contributed by atoms with Crippen LogP contribution in [0.2, 0.25) is 0 Å². The first kappa shape index (κ1) is 23.0. The molecule has 1 N–H and O–H groups in total. The van der Waals surface area contributed by atoms with Gasteiger partial charge in [0.15, 0.2) is 11.5 Å². The molecular weight excluding hydrogens is 388 g/mol. The van der Waals surface area contributed by atoms with Gasteiger partial charge in [0, 0.05) is 18.7 Å². The predicted octanol–water partition coefficient (Wildman–Crippen LogP) is 2.36. The van der Waals surface area contributed by atoms with Crippen molar-refractivity contribution in [2.75, 3.05) is 48.6 Å². The second kappa shape index (κ2) is 11.1. The van der Waals surface area contributed by atoms with Crippen LogP contribution in [0, 0.1) is 0 Å². The van der Waals surface area contributed by atoms with Crippen LogP contribution in [0.4, 0.5) is 0 Å². The third-order valence-electron chi connectivity index (χ3n) is 4.34. The zero-order valence-corrected chi connectivity index (χ0v) is 18.0. The first-order valence-corrected chi connectivity index (χ1v) is 9.38. The van der Waals surface area contributed by atoms with Crippen LogP contribution in [-0.2, 0) is 11.3 Å². The molecule has 0 saturated heterocycles. The molecule has 0 atom stereocenters. The van der Waals surface area contributed by atoms with E-state index in [4.69, 9.17) is 18.9 Å². The second-order valence-electron chi connectivity index (χ2n) is 6.73. The lowest BCUT2D eigenvalue weighted by molar-refractivity contribution is 0.0481. The number of hydrogen-bond donors (Lipinski definition) is 1. The van der Waals surface area contributed by atoms with Crippen LogP contribution in [0.3, 0.4) is 0 Å². The van der Waals surface area contributed by atoms with Gasteiger partial charge < -0.3 is 29.2 Å². The van der Waals surface area contributed by atoms with Crippen molar-refractivity contribution in [3.63, 3.8) is 0 Å². The molecule has 0 heterocycles. The predicted molar refractivity (Wildman–Crippen MR) is 113 cm³/mol. The van der Waals surface area contributed by atoms with Crippen LogP contribution in [0.5, 0.6) is 17.2 Å². The lowest BCUT2D eigenvalue weighted by Crippen LogP contribution is -2.23. The van der Waals surface area contributed by atoms with E-state index >= 15 is 0 Å². The lowest BCUT2D eigenvalue weighted by Gasteiger charge is -2.14. The molecule has 2 aromatic carbocycles. The Bertz CT molecular complexity index is 839. The summed E-state index contributed by atoms with van der Waals surface area (Å²) in [6.07, 6.45) is 0. The maximum atomic E-state index is 12.6. The van der Waals surface area contributed by atoms with Gasteiger partial charge in [-0.05, 0) is 43.9 Å². The van der Waals surface area contributed by atoms with Crippen LogP contribution >= 0.6 is 0 Å². The number of esters is 1. The fraction of sp³-hybridized carbons (Fsp3) is 0.364. The van der Waals surface area contributed by atoms with Gasteiger partial charge in [0.2, 0.25) is 5.75 Å². The highest BCUT2D eigenvalue weighted by atomic mass is 16.5. The SMILES string of the molecule is COc1cc(C(=O)NCc2ccc(C(=O)OCCN(C)C)cc2)cc(OC)c1OC. The van der Waals surface area contributed by atoms with Gasteiger partial charge in [0.1, 0.15) is 6.61 Å². The number of carbonyl (C=O) groups is 2.